The summed E-state index contributed by atoms with van der Waals surface area (Å²) >= 11 is 0. The highest BCUT2D eigenvalue weighted by molar-refractivity contribution is 5.81. The van der Waals surface area contributed by atoms with Gasteiger partial charge in [-0.2, -0.15) is 5.10 Å². The van der Waals surface area contributed by atoms with Gasteiger partial charge in [0, 0.05) is 17.6 Å². The Labute approximate surface area is 169 Å². The molecule has 1 unspecified atom stereocenters. The maximum atomic E-state index is 13.2. The van der Waals surface area contributed by atoms with Gasteiger partial charge >= 0.3 is 0 Å². The molecule has 4 aromatic rings. The van der Waals surface area contributed by atoms with Crippen LogP contribution in [-0.4, -0.2) is 21.4 Å². The average molecular weight is 389 g/mol. The Morgan fingerprint density at radius 2 is 1.79 bits per heavy atom. The second-order valence-corrected chi connectivity index (χ2v) is 7.31. The first-order chi connectivity index (χ1) is 14.1. The molecule has 0 aliphatic carbocycles. The van der Waals surface area contributed by atoms with Crippen molar-refractivity contribution in [3.63, 3.8) is 0 Å². The molecular formula is C24H24FN3O. The van der Waals surface area contributed by atoms with Crippen LogP contribution < -0.4 is 5.32 Å². The Morgan fingerprint density at radius 3 is 2.52 bits per heavy atom. The first-order valence-electron chi connectivity index (χ1n) is 9.84. The van der Waals surface area contributed by atoms with Crippen molar-refractivity contribution in [2.75, 3.05) is 11.9 Å². The normalized spacial score (nSPS) is 13.3. The molecule has 1 atom stereocenters. The van der Waals surface area contributed by atoms with Crippen LogP contribution in [-0.2, 0) is 5.60 Å². The molecule has 1 aromatic heterocycles. The molecule has 0 saturated carbocycles. The minimum Gasteiger partial charge on any atom is -0.383 e. The van der Waals surface area contributed by atoms with E-state index >= 15 is 0 Å². The summed E-state index contributed by atoms with van der Waals surface area (Å²) in [6, 6.07) is 22.0. The maximum absolute atomic E-state index is 13.2. The van der Waals surface area contributed by atoms with Crippen LogP contribution in [0.25, 0.3) is 16.6 Å². The summed E-state index contributed by atoms with van der Waals surface area (Å²) in [5.41, 5.74) is 2.55. The van der Waals surface area contributed by atoms with Crippen LogP contribution in [0.4, 0.5) is 10.1 Å². The number of hydrogen-bond acceptors (Lipinski definition) is 3. The summed E-state index contributed by atoms with van der Waals surface area (Å²) in [7, 11) is 0. The number of fused-ring (bicyclic) bond motifs is 1. The third-order valence-electron chi connectivity index (χ3n) is 5.20. The molecule has 4 rings (SSSR count). The Balaban J connectivity index is 1.65. The summed E-state index contributed by atoms with van der Waals surface area (Å²) in [4.78, 5) is 0. The molecule has 0 amide bonds. The SMILES string of the molecule is CCCC(O)(CNc1ccccc1)c1ccc2c(cnn2-c2ccc(F)cc2)c1. The number of anilines is 1. The number of benzene rings is 3. The molecule has 0 bridgehead atoms. The van der Waals surface area contributed by atoms with Gasteiger partial charge in [0.15, 0.2) is 0 Å². The molecule has 4 nitrogen and oxygen atoms in total. The topological polar surface area (TPSA) is 50.1 Å². The van der Waals surface area contributed by atoms with Crippen molar-refractivity contribution in [3.05, 3.63) is 90.4 Å². The molecular weight excluding hydrogens is 365 g/mol. The molecule has 29 heavy (non-hydrogen) atoms. The number of nitrogens with one attached hydrogen (secondary N) is 1. The lowest BCUT2D eigenvalue weighted by Gasteiger charge is -2.29. The summed E-state index contributed by atoms with van der Waals surface area (Å²) in [6.07, 6.45) is 3.28. The molecule has 0 aliphatic heterocycles. The lowest BCUT2D eigenvalue weighted by molar-refractivity contribution is 0.0405. The number of aromatic nitrogens is 2. The zero-order chi connectivity index (χ0) is 20.3. The quantitative estimate of drug-likeness (QED) is 0.453. The van der Waals surface area contributed by atoms with Crippen molar-refractivity contribution in [1.29, 1.82) is 0 Å². The maximum Gasteiger partial charge on any atom is 0.123 e. The third kappa shape index (κ3) is 4.00. The van der Waals surface area contributed by atoms with E-state index in [0.717, 1.165) is 34.3 Å². The largest absolute Gasteiger partial charge is 0.383 e. The number of nitrogens with zero attached hydrogens (tertiary/aromatic N) is 2. The number of aliphatic hydroxyl groups is 1. The molecule has 0 spiro atoms. The first kappa shape index (κ1) is 19.2. The van der Waals surface area contributed by atoms with Crippen LogP contribution in [0.15, 0.2) is 79.0 Å². The second kappa shape index (κ2) is 8.05. The zero-order valence-corrected chi connectivity index (χ0v) is 16.3. The zero-order valence-electron chi connectivity index (χ0n) is 16.3. The van der Waals surface area contributed by atoms with Crippen LogP contribution in [0.1, 0.15) is 25.3 Å². The van der Waals surface area contributed by atoms with Crippen molar-refractivity contribution in [2.24, 2.45) is 0 Å². The highest BCUT2D eigenvalue weighted by Gasteiger charge is 2.28. The van der Waals surface area contributed by atoms with Gasteiger partial charge in [-0.15, -0.1) is 0 Å². The third-order valence-corrected chi connectivity index (χ3v) is 5.20. The molecule has 0 saturated heterocycles. The summed E-state index contributed by atoms with van der Waals surface area (Å²) < 4.78 is 15.0. The van der Waals surface area contributed by atoms with E-state index < -0.39 is 5.60 Å². The monoisotopic (exact) mass is 389 g/mol. The minimum absolute atomic E-state index is 0.275. The predicted molar refractivity (Wildman–Crippen MR) is 115 cm³/mol. The van der Waals surface area contributed by atoms with E-state index in [1.807, 2.05) is 48.5 Å². The molecule has 0 aliphatic rings. The van der Waals surface area contributed by atoms with E-state index in [2.05, 4.69) is 17.3 Å². The van der Waals surface area contributed by atoms with Gasteiger partial charge in [-0.05, 0) is 60.5 Å². The van der Waals surface area contributed by atoms with Crippen molar-refractivity contribution >= 4 is 16.6 Å². The van der Waals surface area contributed by atoms with Crippen molar-refractivity contribution in [2.45, 2.75) is 25.4 Å². The number of halogens is 1. The summed E-state index contributed by atoms with van der Waals surface area (Å²) in [5.74, 6) is -0.275. The van der Waals surface area contributed by atoms with Gasteiger partial charge in [0.05, 0.1) is 17.4 Å². The molecule has 2 N–H and O–H groups in total. The van der Waals surface area contributed by atoms with E-state index in [-0.39, 0.29) is 5.82 Å². The van der Waals surface area contributed by atoms with E-state index in [0.29, 0.717) is 13.0 Å². The van der Waals surface area contributed by atoms with Gasteiger partial charge in [0.1, 0.15) is 11.4 Å². The van der Waals surface area contributed by atoms with Gasteiger partial charge in [-0.1, -0.05) is 37.6 Å². The Morgan fingerprint density at radius 1 is 1.03 bits per heavy atom. The summed E-state index contributed by atoms with van der Waals surface area (Å²) in [5, 5.41) is 20.2. The highest BCUT2D eigenvalue weighted by atomic mass is 19.1. The Bertz CT molecular complexity index is 1090. The van der Waals surface area contributed by atoms with Crippen molar-refractivity contribution in [1.82, 2.24) is 9.78 Å². The Kier molecular flexibility index (Phi) is 5.32. The number of rotatable bonds is 7. The summed E-state index contributed by atoms with van der Waals surface area (Å²) in [6.45, 7) is 2.49. The lowest BCUT2D eigenvalue weighted by atomic mass is 9.88. The fourth-order valence-electron chi connectivity index (χ4n) is 3.66. The molecule has 5 heteroatoms. The molecule has 1 heterocycles. The van der Waals surface area contributed by atoms with E-state index in [1.54, 1.807) is 23.0 Å². The predicted octanol–water partition coefficient (Wildman–Crippen LogP) is 5.26. The second-order valence-electron chi connectivity index (χ2n) is 7.31. The standard InChI is InChI=1S/C24H24FN3O/c1-2-14-24(29,17-26-21-6-4-3-5-7-21)19-8-13-23-18(15-19)16-27-28(23)22-11-9-20(25)10-12-22/h3-13,15-16,26,29H,2,14,17H2,1H3. The highest BCUT2D eigenvalue weighted by Crippen LogP contribution is 2.30. The van der Waals surface area contributed by atoms with E-state index in [4.69, 9.17) is 0 Å². The van der Waals surface area contributed by atoms with E-state index in [9.17, 15) is 9.50 Å². The van der Waals surface area contributed by atoms with Crippen molar-refractivity contribution in [3.8, 4) is 5.69 Å². The minimum atomic E-state index is -0.989. The van der Waals surface area contributed by atoms with Crippen LogP contribution in [0.2, 0.25) is 0 Å². The van der Waals surface area contributed by atoms with Crippen LogP contribution in [0, 0.1) is 5.82 Å². The van der Waals surface area contributed by atoms with Crippen molar-refractivity contribution < 1.29 is 9.50 Å². The number of para-hydroxylation sites is 1. The lowest BCUT2D eigenvalue weighted by Crippen LogP contribution is -2.34. The average Bonchev–Trinajstić information content (AvgIpc) is 3.17. The van der Waals surface area contributed by atoms with Gasteiger partial charge in [0.25, 0.3) is 0 Å². The van der Waals surface area contributed by atoms with Gasteiger partial charge < -0.3 is 10.4 Å². The van der Waals surface area contributed by atoms with Crippen LogP contribution >= 0.6 is 0 Å². The number of hydrogen-bond donors (Lipinski definition) is 2. The first-order valence-corrected chi connectivity index (χ1v) is 9.84. The Hall–Kier alpha value is -3.18. The molecule has 3 aromatic carbocycles. The fourth-order valence-corrected chi connectivity index (χ4v) is 3.66. The van der Waals surface area contributed by atoms with Crippen LogP contribution in [0.5, 0.6) is 0 Å². The van der Waals surface area contributed by atoms with Crippen LogP contribution in [0.3, 0.4) is 0 Å². The molecule has 148 valence electrons. The van der Waals surface area contributed by atoms with Gasteiger partial charge in [0.2, 0.25) is 0 Å². The smallest absolute Gasteiger partial charge is 0.123 e. The molecule has 0 radical (unpaired) electrons. The van der Waals surface area contributed by atoms with Gasteiger partial charge in [-0.25, -0.2) is 9.07 Å². The fraction of sp³-hybridized carbons (Fsp3) is 0.208. The van der Waals surface area contributed by atoms with Gasteiger partial charge in [-0.3, -0.25) is 0 Å². The molecule has 0 fully saturated rings. The van der Waals surface area contributed by atoms with E-state index in [1.165, 1.54) is 12.1 Å².